The molecule has 2 aromatic heterocycles. The van der Waals surface area contributed by atoms with Crippen molar-refractivity contribution in [2.24, 2.45) is 10.9 Å². The Kier molecular flexibility index (Phi) is 6.31. The van der Waals surface area contributed by atoms with Crippen LogP contribution in [-0.4, -0.2) is 21.0 Å². The van der Waals surface area contributed by atoms with Gasteiger partial charge in [0, 0.05) is 34.0 Å². The molecule has 0 saturated carbocycles. The summed E-state index contributed by atoms with van der Waals surface area (Å²) >= 11 is 0. The number of benzene rings is 4. The number of nitrogens with zero attached hydrogens (tertiary/aromatic N) is 3. The van der Waals surface area contributed by atoms with Crippen LogP contribution in [0, 0.1) is 19.8 Å². The molecule has 0 N–H and O–H groups in total. The lowest BCUT2D eigenvalue weighted by molar-refractivity contribution is 0.00857. The van der Waals surface area contributed by atoms with E-state index >= 15 is 0 Å². The van der Waals surface area contributed by atoms with E-state index in [2.05, 4.69) is 139 Å². The SMILES string of the molecule is Cc1cc(Oc2cc3c(cc2C)C(C)(C)c2cccc4c5cccnc5n-3c24)cc(C2=N[C@](C)(C(C)C)[C@@](C)(c3ccccc3)O2)c1. The number of aliphatic imine (C=N–C) groups is 1. The average Bonchev–Trinajstić information content (AvgIpc) is 3.54. The van der Waals surface area contributed by atoms with E-state index in [0.717, 1.165) is 50.5 Å². The smallest absolute Gasteiger partial charge is 0.217 e. The molecule has 5 nitrogen and oxygen atoms in total. The number of pyridine rings is 1. The van der Waals surface area contributed by atoms with Crippen LogP contribution in [0.1, 0.15) is 74.9 Å². The Morgan fingerprint density at radius 1 is 0.787 bits per heavy atom. The zero-order valence-corrected chi connectivity index (χ0v) is 28.5. The monoisotopic (exact) mass is 619 g/mol. The number of hydrogen-bond acceptors (Lipinski definition) is 4. The number of para-hydroxylation sites is 1. The first kappa shape index (κ1) is 29.5. The van der Waals surface area contributed by atoms with Gasteiger partial charge in [0.2, 0.25) is 5.90 Å². The molecular formula is C42H41N3O2. The second-order valence-electron chi connectivity index (χ2n) is 14.5. The average molecular weight is 620 g/mol. The summed E-state index contributed by atoms with van der Waals surface area (Å²) in [6.07, 6.45) is 1.88. The first-order valence-electron chi connectivity index (χ1n) is 16.6. The van der Waals surface area contributed by atoms with Gasteiger partial charge in [0.25, 0.3) is 0 Å². The fourth-order valence-corrected chi connectivity index (χ4v) is 7.86. The second-order valence-corrected chi connectivity index (χ2v) is 14.5. The number of fused-ring (bicyclic) bond motifs is 5. The third-order valence-corrected chi connectivity index (χ3v) is 11.0. The molecule has 6 aromatic rings. The summed E-state index contributed by atoms with van der Waals surface area (Å²) in [5.41, 5.74) is 8.81. The number of ether oxygens (including phenoxy) is 2. The molecule has 0 spiro atoms. The van der Waals surface area contributed by atoms with E-state index in [1.165, 1.54) is 22.0 Å². The maximum absolute atomic E-state index is 6.86. The van der Waals surface area contributed by atoms with Crippen molar-refractivity contribution in [3.05, 3.63) is 131 Å². The van der Waals surface area contributed by atoms with Gasteiger partial charge in [-0.1, -0.05) is 76.2 Å². The first-order valence-corrected chi connectivity index (χ1v) is 16.6. The van der Waals surface area contributed by atoms with Crippen molar-refractivity contribution in [3.63, 3.8) is 0 Å². The van der Waals surface area contributed by atoms with Crippen molar-refractivity contribution in [1.29, 1.82) is 0 Å². The van der Waals surface area contributed by atoms with Crippen LogP contribution in [0.25, 0.3) is 27.6 Å². The minimum atomic E-state index is -0.611. The molecule has 2 aliphatic heterocycles. The highest BCUT2D eigenvalue weighted by Crippen LogP contribution is 2.50. The number of hydrogen-bond donors (Lipinski definition) is 0. The highest BCUT2D eigenvalue weighted by Gasteiger charge is 2.55. The Labute approximate surface area is 276 Å². The summed E-state index contributed by atoms with van der Waals surface area (Å²) in [4.78, 5) is 10.2. The van der Waals surface area contributed by atoms with Gasteiger partial charge >= 0.3 is 0 Å². The predicted molar refractivity (Wildman–Crippen MR) is 191 cm³/mol. The van der Waals surface area contributed by atoms with Gasteiger partial charge in [0.1, 0.15) is 22.7 Å². The summed E-state index contributed by atoms with van der Waals surface area (Å²) in [5.74, 6) is 2.47. The molecule has 2 atom stereocenters. The third-order valence-electron chi connectivity index (χ3n) is 11.0. The van der Waals surface area contributed by atoms with Gasteiger partial charge in [-0.05, 0) is 97.8 Å². The zero-order valence-electron chi connectivity index (χ0n) is 28.5. The molecule has 0 bridgehead atoms. The minimum Gasteiger partial charge on any atom is -0.464 e. The standard InChI is InChI=1S/C42H41N3O2/c1-25(2)41(7)42(8,29-14-10-9-11-15-29)47-39(44-41)28-20-26(3)21-30(23-28)46-36-24-35-34(22-27(36)4)40(5,6)33-18-12-16-31-32-17-13-19-43-38(32)45(35)37(31)33/h9-25H,1-8H3/t41-,42-/m1/s1. The Hall–Kier alpha value is -4.90. The summed E-state index contributed by atoms with van der Waals surface area (Å²) < 4.78 is 16.0. The van der Waals surface area contributed by atoms with Crippen LogP contribution in [0.15, 0.2) is 102 Å². The van der Waals surface area contributed by atoms with Crippen LogP contribution < -0.4 is 4.74 Å². The van der Waals surface area contributed by atoms with Crippen LogP contribution in [0.5, 0.6) is 11.5 Å². The topological polar surface area (TPSA) is 48.6 Å². The fraction of sp³-hybridized carbons (Fsp3) is 0.286. The Morgan fingerprint density at radius 2 is 1.55 bits per heavy atom. The molecular weight excluding hydrogens is 578 g/mol. The van der Waals surface area contributed by atoms with Crippen LogP contribution >= 0.6 is 0 Å². The first-order chi connectivity index (χ1) is 22.4. The molecule has 8 rings (SSSR count). The molecule has 4 heterocycles. The van der Waals surface area contributed by atoms with E-state index in [9.17, 15) is 0 Å². The van der Waals surface area contributed by atoms with Gasteiger partial charge in [0.15, 0.2) is 5.60 Å². The lowest BCUT2D eigenvalue weighted by Gasteiger charge is -2.40. The van der Waals surface area contributed by atoms with Gasteiger partial charge in [-0.2, -0.15) is 0 Å². The van der Waals surface area contributed by atoms with Crippen LogP contribution in [0.4, 0.5) is 0 Å². The van der Waals surface area contributed by atoms with Gasteiger partial charge in [-0.15, -0.1) is 0 Å². The van der Waals surface area contributed by atoms with Gasteiger partial charge in [-0.25, -0.2) is 9.98 Å². The van der Waals surface area contributed by atoms with Crippen molar-refractivity contribution < 1.29 is 9.47 Å². The van der Waals surface area contributed by atoms with Crippen LogP contribution in [0.2, 0.25) is 0 Å². The largest absolute Gasteiger partial charge is 0.464 e. The van der Waals surface area contributed by atoms with Crippen molar-refractivity contribution in [2.45, 2.75) is 71.9 Å². The molecule has 0 aliphatic carbocycles. The van der Waals surface area contributed by atoms with Crippen LogP contribution in [-0.2, 0) is 15.8 Å². The summed E-state index contributed by atoms with van der Waals surface area (Å²) in [6.45, 7) is 17.7. The van der Waals surface area contributed by atoms with Crippen molar-refractivity contribution in [3.8, 4) is 17.2 Å². The summed E-state index contributed by atoms with van der Waals surface area (Å²) in [6, 6.07) is 32.1. The van der Waals surface area contributed by atoms with Crippen LogP contribution in [0.3, 0.4) is 0 Å². The molecule has 236 valence electrons. The molecule has 2 aliphatic rings. The number of rotatable bonds is 5. The second kappa shape index (κ2) is 10.0. The third kappa shape index (κ3) is 4.15. The lowest BCUT2D eigenvalue weighted by atomic mass is 9.72. The van der Waals surface area contributed by atoms with E-state index in [0.29, 0.717) is 5.90 Å². The normalized spacial score (nSPS) is 21.2. The Bertz CT molecular complexity index is 2260. The van der Waals surface area contributed by atoms with Crippen molar-refractivity contribution >= 4 is 27.8 Å². The predicted octanol–water partition coefficient (Wildman–Crippen LogP) is 10.3. The quantitative estimate of drug-likeness (QED) is 0.193. The Morgan fingerprint density at radius 3 is 2.32 bits per heavy atom. The molecule has 5 heteroatoms. The molecule has 0 radical (unpaired) electrons. The molecule has 0 saturated heterocycles. The maximum atomic E-state index is 6.86. The van der Waals surface area contributed by atoms with E-state index in [1.807, 2.05) is 18.3 Å². The van der Waals surface area contributed by atoms with E-state index in [1.54, 1.807) is 0 Å². The van der Waals surface area contributed by atoms with Gasteiger partial charge in [0.05, 0.1) is 11.2 Å². The summed E-state index contributed by atoms with van der Waals surface area (Å²) in [7, 11) is 0. The summed E-state index contributed by atoms with van der Waals surface area (Å²) in [5, 5.41) is 2.39. The van der Waals surface area contributed by atoms with E-state index in [-0.39, 0.29) is 11.3 Å². The van der Waals surface area contributed by atoms with E-state index in [4.69, 9.17) is 19.5 Å². The van der Waals surface area contributed by atoms with Gasteiger partial charge < -0.3 is 9.47 Å². The molecule has 4 aromatic carbocycles. The van der Waals surface area contributed by atoms with Crippen molar-refractivity contribution in [1.82, 2.24) is 9.55 Å². The molecule has 0 unspecified atom stereocenters. The number of aryl methyl sites for hydroxylation is 2. The molecule has 0 amide bonds. The molecule has 0 fully saturated rings. The Balaban J connectivity index is 1.23. The zero-order chi connectivity index (χ0) is 32.9. The maximum Gasteiger partial charge on any atom is 0.217 e. The highest BCUT2D eigenvalue weighted by atomic mass is 16.5. The molecule has 47 heavy (non-hydrogen) atoms. The minimum absolute atomic E-state index is 0.189. The fourth-order valence-electron chi connectivity index (χ4n) is 7.86. The number of aromatic nitrogens is 2. The van der Waals surface area contributed by atoms with Gasteiger partial charge in [-0.3, -0.25) is 4.57 Å². The van der Waals surface area contributed by atoms with E-state index < -0.39 is 11.1 Å². The lowest BCUT2D eigenvalue weighted by Crippen LogP contribution is -2.47. The van der Waals surface area contributed by atoms with Crippen molar-refractivity contribution in [2.75, 3.05) is 0 Å². The highest BCUT2D eigenvalue weighted by molar-refractivity contribution is 6.10.